The number of nitrogens with zero attached hydrogens (tertiary/aromatic N) is 2. The average molecular weight is 327 g/mol. The lowest BCUT2D eigenvalue weighted by Gasteiger charge is -2.13. The molecule has 9 heteroatoms. The first-order valence-corrected chi connectivity index (χ1v) is 7.68. The van der Waals surface area contributed by atoms with E-state index in [1.54, 1.807) is 0 Å². The van der Waals surface area contributed by atoms with Crippen LogP contribution < -0.4 is 5.32 Å². The molecular weight excluding hydrogens is 310 g/mol. The number of hydrogen-bond donors (Lipinski definition) is 2. The highest BCUT2D eigenvalue weighted by Crippen LogP contribution is 2.18. The summed E-state index contributed by atoms with van der Waals surface area (Å²) in [5.41, 5.74) is -0.0917. The van der Waals surface area contributed by atoms with Crippen LogP contribution in [0.1, 0.15) is 26.2 Å². The first-order valence-electron chi connectivity index (χ1n) is 6.69. The Labute approximate surface area is 131 Å². The largest absolute Gasteiger partial charge is 0.480 e. The van der Waals surface area contributed by atoms with Crippen molar-refractivity contribution in [2.75, 3.05) is 5.75 Å². The minimum absolute atomic E-state index is 0.0917. The molecule has 22 heavy (non-hydrogen) atoms. The van der Waals surface area contributed by atoms with Crippen LogP contribution in [0.3, 0.4) is 0 Å². The topological polar surface area (TPSA) is 122 Å². The third-order valence-corrected chi connectivity index (χ3v) is 3.67. The fourth-order valence-corrected chi connectivity index (χ4v) is 2.41. The van der Waals surface area contributed by atoms with Crippen LogP contribution in [0.2, 0.25) is 0 Å². The molecule has 0 spiro atoms. The number of aliphatic carboxylic acids is 1. The van der Waals surface area contributed by atoms with Gasteiger partial charge in [0.15, 0.2) is 0 Å². The second-order valence-electron chi connectivity index (χ2n) is 4.46. The maximum absolute atomic E-state index is 11.7. The predicted molar refractivity (Wildman–Crippen MR) is 80.7 cm³/mol. The number of amides is 1. The number of carboxylic acids is 1. The van der Waals surface area contributed by atoms with Gasteiger partial charge in [0.25, 0.3) is 5.69 Å². The van der Waals surface area contributed by atoms with Crippen molar-refractivity contribution < 1.29 is 19.6 Å². The molecular formula is C13H17N3O5S. The molecule has 1 unspecified atom stereocenters. The highest BCUT2D eigenvalue weighted by Gasteiger charge is 2.18. The molecule has 0 aliphatic carbocycles. The van der Waals surface area contributed by atoms with Crippen LogP contribution in [0.5, 0.6) is 0 Å². The molecule has 0 saturated carbocycles. The predicted octanol–water partition coefficient (Wildman–Crippen LogP) is 1.84. The zero-order chi connectivity index (χ0) is 16.5. The summed E-state index contributed by atoms with van der Waals surface area (Å²) in [7, 11) is 0. The summed E-state index contributed by atoms with van der Waals surface area (Å²) >= 11 is 1.28. The molecule has 2 N–H and O–H groups in total. The number of hydrogen-bond acceptors (Lipinski definition) is 6. The molecule has 1 aromatic heterocycles. The van der Waals surface area contributed by atoms with Crippen LogP contribution >= 0.6 is 11.8 Å². The lowest BCUT2D eigenvalue weighted by atomic mass is 10.1. The smallest absolute Gasteiger partial charge is 0.326 e. The number of pyridine rings is 1. The third kappa shape index (κ3) is 6.08. The molecule has 0 fully saturated rings. The van der Waals surface area contributed by atoms with Crippen molar-refractivity contribution >= 4 is 29.3 Å². The fraction of sp³-hybridized carbons (Fsp3) is 0.462. The van der Waals surface area contributed by atoms with Gasteiger partial charge in [-0.25, -0.2) is 9.78 Å². The normalized spacial score (nSPS) is 11.7. The van der Waals surface area contributed by atoms with Crippen LogP contribution in [-0.2, 0) is 9.59 Å². The number of carboxylic acid groups (broad SMARTS) is 1. The Morgan fingerprint density at radius 1 is 1.50 bits per heavy atom. The minimum Gasteiger partial charge on any atom is -0.480 e. The lowest BCUT2D eigenvalue weighted by Crippen LogP contribution is -2.40. The Morgan fingerprint density at radius 2 is 2.23 bits per heavy atom. The SMILES string of the molecule is CCCC(NC(=O)CCSc1ccc([N+](=O)[O-])cn1)C(=O)O. The van der Waals surface area contributed by atoms with Gasteiger partial charge in [-0.3, -0.25) is 14.9 Å². The van der Waals surface area contributed by atoms with Gasteiger partial charge >= 0.3 is 5.97 Å². The van der Waals surface area contributed by atoms with Crippen LogP contribution in [0.25, 0.3) is 0 Å². The van der Waals surface area contributed by atoms with E-state index in [2.05, 4.69) is 10.3 Å². The standard InChI is InChI=1S/C13H17N3O5S/c1-2-3-10(13(18)19)15-11(17)6-7-22-12-5-4-9(8-14-12)16(20)21/h4-5,8,10H,2-3,6-7H2,1H3,(H,15,17)(H,18,19). The van der Waals surface area contributed by atoms with Gasteiger partial charge in [-0.1, -0.05) is 13.3 Å². The Balaban J connectivity index is 2.38. The lowest BCUT2D eigenvalue weighted by molar-refractivity contribution is -0.385. The fourth-order valence-electron chi connectivity index (χ4n) is 1.63. The van der Waals surface area contributed by atoms with Gasteiger partial charge in [0.1, 0.15) is 12.2 Å². The number of nitro groups is 1. The number of carbonyl (C=O) groups is 2. The summed E-state index contributed by atoms with van der Waals surface area (Å²) in [5.74, 6) is -0.968. The summed E-state index contributed by atoms with van der Waals surface area (Å²) in [6, 6.07) is 1.99. The summed E-state index contributed by atoms with van der Waals surface area (Å²) in [5, 5.41) is 22.5. The van der Waals surface area contributed by atoms with Crippen LogP contribution in [0, 0.1) is 10.1 Å². The molecule has 0 aliphatic rings. The Morgan fingerprint density at radius 3 is 2.73 bits per heavy atom. The molecule has 1 rings (SSSR count). The molecule has 0 aromatic carbocycles. The van der Waals surface area contributed by atoms with Gasteiger partial charge < -0.3 is 10.4 Å². The molecule has 0 aliphatic heterocycles. The van der Waals surface area contributed by atoms with Crippen LogP contribution in [0.4, 0.5) is 5.69 Å². The van der Waals surface area contributed by atoms with Crippen molar-refractivity contribution in [2.45, 2.75) is 37.3 Å². The van der Waals surface area contributed by atoms with Gasteiger partial charge in [0.05, 0.1) is 9.95 Å². The number of nitrogens with one attached hydrogen (secondary N) is 1. The van der Waals surface area contributed by atoms with E-state index in [4.69, 9.17) is 5.11 Å². The Hall–Kier alpha value is -2.16. The second kappa shape index (κ2) is 8.98. The van der Waals surface area contributed by atoms with Gasteiger partial charge in [-0.2, -0.15) is 0 Å². The van der Waals surface area contributed by atoms with Crippen molar-refractivity contribution in [3.63, 3.8) is 0 Å². The molecule has 1 amide bonds. The monoisotopic (exact) mass is 327 g/mol. The number of aromatic nitrogens is 1. The van der Waals surface area contributed by atoms with Crippen molar-refractivity contribution in [3.8, 4) is 0 Å². The van der Waals surface area contributed by atoms with E-state index < -0.39 is 16.9 Å². The van der Waals surface area contributed by atoms with E-state index in [1.165, 1.54) is 23.9 Å². The number of carbonyl (C=O) groups excluding carboxylic acids is 1. The van der Waals surface area contributed by atoms with Gasteiger partial charge in [-0.05, 0) is 12.5 Å². The summed E-state index contributed by atoms with van der Waals surface area (Å²) in [4.78, 5) is 36.5. The van der Waals surface area contributed by atoms with Gasteiger partial charge in [-0.15, -0.1) is 11.8 Å². The second-order valence-corrected chi connectivity index (χ2v) is 5.57. The summed E-state index contributed by atoms with van der Waals surface area (Å²) in [6.45, 7) is 1.85. The number of thioether (sulfide) groups is 1. The molecule has 0 radical (unpaired) electrons. The van der Waals surface area contributed by atoms with E-state index in [1.807, 2.05) is 6.92 Å². The summed E-state index contributed by atoms with van der Waals surface area (Å²) < 4.78 is 0. The average Bonchev–Trinajstić information content (AvgIpc) is 2.47. The Kier molecular flexibility index (Phi) is 7.30. The maximum atomic E-state index is 11.7. The van der Waals surface area contributed by atoms with E-state index in [-0.39, 0.29) is 18.0 Å². The van der Waals surface area contributed by atoms with E-state index in [0.717, 1.165) is 6.20 Å². The third-order valence-electron chi connectivity index (χ3n) is 2.72. The Bertz CT molecular complexity index is 535. The highest BCUT2D eigenvalue weighted by molar-refractivity contribution is 7.99. The number of rotatable bonds is 9. The zero-order valence-electron chi connectivity index (χ0n) is 12.0. The van der Waals surface area contributed by atoms with Crippen molar-refractivity contribution in [1.82, 2.24) is 10.3 Å². The molecule has 120 valence electrons. The van der Waals surface area contributed by atoms with Crippen LogP contribution in [0.15, 0.2) is 23.4 Å². The van der Waals surface area contributed by atoms with Crippen LogP contribution in [-0.4, -0.2) is 38.7 Å². The minimum atomic E-state index is -1.04. The van der Waals surface area contributed by atoms with Crippen molar-refractivity contribution in [2.24, 2.45) is 0 Å². The molecule has 0 bridgehead atoms. The molecule has 1 heterocycles. The van der Waals surface area contributed by atoms with Gasteiger partial charge in [0, 0.05) is 18.2 Å². The van der Waals surface area contributed by atoms with E-state index >= 15 is 0 Å². The molecule has 0 saturated heterocycles. The van der Waals surface area contributed by atoms with E-state index in [0.29, 0.717) is 23.6 Å². The van der Waals surface area contributed by atoms with E-state index in [9.17, 15) is 19.7 Å². The summed E-state index contributed by atoms with van der Waals surface area (Å²) in [6.07, 6.45) is 2.36. The van der Waals surface area contributed by atoms with Crippen molar-refractivity contribution in [1.29, 1.82) is 0 Å². The quantitative estimate of drug-likeness (QED) is 0.403. The first kappa shape index (κ1) is 17.9. The zero-order valence-corrected chi connectivity index (χ0v) is 12.8. The van der Waals surface area contributed by atoms with Gasteiger partial charge in [0.2, 0.25) is 5.91 Å². The maximum Gasteiger partial charge on any atom is 0.326 e. The molecule has 8 nitrogen and oxygen atoms in total. The van der Waals surface area contributed by atoms with Crippen molar-refractivity contribution in [3.05, 3.63) is 28.4 Å². The molecule has 1 atom stereocenters. The highest BCUT2D eigenvalue weighted by atomic mass is 32.2. The first-order chi connectivity index (χ1) is 10.4. The molecule has 1 aromatic rings.